The number of hydrogen-bond donors (Lipinski definition) is 1. The number of nitrogens with zero attached hydrogens (tertiary/aromatic N) is 3. The molecule has 2 heterocycles. The molecule has 1 fully saturated rings. The van der Waals surface area contributed by atoms with Crippen LogP contribution in [0.1, 0.15) is 34.6 Å². The summed E-state index contributed by atoms with van der Waals surface area (Å²) < 4.78 is 20.2. The molecule has 8 heteroatoms. The standard InChI is InChI=1S/C19H20FN3O4/c1-27-13-9-16(19(25)26)22(10-13)18(24)17-14-3-2-4-15(14)23(21-17)12-7-5-11(20)6-8-12/h5-8,13,16H,2-4,9-10H2,1H3,(H,25,26). The Bertz CT molecular complexity index is 893. The molecule has 7 nitrogen and oxygen atoms in total. The molecule has 1 aromatic heterocycles. The number of aromatic nitrogens is 2. The first-order chi connectivity index (χ1) is 13.0. The third-order valence-electron chi connectivity index (χ3n) is 5.35. The Morgan fingerprint density at radius 2 is 2.00 bits per heavy atom. The Morgan fingerprint density at radius 3 is 2.67 bits per heavy atom. The minimum absolute atomic E-state index is 0.227. The molecule has 1 aromatic carbocycles. The number of methoxy groups -OCH3 is 1. The SMILES string of the molecule is COC1CC(C(=O)O)N(C(=O)c2nn(-c3ccc(F)cc3)c3c2CCC3)C1. The lowest BCUT2D eigenvalue weighted by Gasteiger charge is -2.20. The van der Waals surface area contributed by atoms with Crippen molar-refractivity contribution >= 4 is 11.9 Å². The first kappa shape index (κ1) is 17.7. The highest BCUT2D eigenvalue weighted by atomic mass is 19.1. The van der Waals surface area contributed by atoms with Crippen molar-refractivity contribution in [2.45, 2.75) is 37.8 Å². The first-order valence-corrected chi connectivity index (χ1v) is 8.93. The summed E-state index contributed by atoms with van der Waals surface area (Å²) in [5.41, 5.74) is 2.75. The first-order valence-electron chi connectivity index (χ1n) is 8.93. The number of carbonyl (C=O) groups excluding carboxylic acids is 1. The number of carbonyl (C=O) groups is 2. The van der Waals surface area contributed by atoms with Crippen molar-refractivity contribution in [3.8, 4) is 5.69 Å². The summed E-state index contributed by atoms with van der Waals surface area (Å²) in [6.45, 7) is 0.227. The highest BCUT2D eigenvalue weighted by Crippen LogP contribution is 2.30. The fraction of sp³-hybridized carbons (Fsp3) is 0.421. The van der Waals surface area contributed by atoms with E-state index in [1.54, 1.807) is 16.8 Å². The highest BCUT2D eigenvalue weighted by molar-refractivity contribution is 5.97. The van der Waals surface area contributed by atoms with Gasteiger partial charge in [-0.25, -0.2) is 13.9 Å². The average Bonchev–Trinajstić information content (AvgIpc) is 3.36. The number of rotatable bonds is 4. The Kier molecular flexibility index (Phi) is 4.43. The third kappa shape index (κ3) is 2.99. The van der Waals surface area contributed by atoms with E-state index < -0.39 is 12.0 Å². The van der Waals surface area contributed by atoms with Crippen molar-refractivity contribution in [2.75, 3.05) is 13.7 Å². The second-order valence-electron chi connectivity index (χ2n) is 6.92. The van der Waals surface area contributed by atoms with E-state index in [9.17, 15) is 19.1 Å². The number of aliphatic carboxylic acids is 1. The predicted octanol–water partition coefficient (Wildman–Crippen LogP) is 1.81. The average molecular weight is 373 g/mol. The highest BCUT2D eigenvalue weighted by Gasteiger charge is 2.42. The summed E-state index contributed by atoms with van der Waals surface area (Å²) in [4.78, 5) is 26.1. The van der Waals surface area contributed by atoms with Crippen molar-refractivity contribution in [2.24, 2.45) is 0 Å². The smallest absolute Gasteiger partial charge is 0.326 e. The van der Waals surface area contributed by atoms with Crippen LogP contribution in [0.2, 0.25) is 0 Å². The van der Waals surface area contributed by atoms with Crippen LogP contribution in [0, 0.1) is 5.82 Å². The van der Waals surface area contributed by atoms with E-state index in [-0.39, 0.29) is 36.5 Å². The number of carboxylic acid groups (broad SMARTS) is 1. The molecule has 4 rings (SSSR count). The quantitative estimate of drug-likeness (QED) is 0.884. The Morgan fingerprint density at radius 1 is 1.26 bits per heavy atom. The van der Waals surface area contributed by atoms with Crippen LogP contribution in [-0.4, -0.2) is 57.5 Å². The molecule has 2 aliphatic rings. The number of ether oxygens (including phenoxy) is 1. The molecule has 1 saturated heterocycles. The zero-order valence-electron chi connectivity index (χ0n) is 14.9. The molecule has 1 amide bonds. The lowest BCUT2D eigenvalue weighted by Crippen LogP contribution is -2.41. The minimum atomic E-state index is -1.04. The molecule has 2 atom stereocenters. The van der Waals surface area contributed by atoms with Crippen molar-refractivity contribution in [1.29, 1.82) is 0 Å². The van der Waals surface area contributed by atoms with Crippen LogP contribution in [-0.2, 0) is 22.4 Å². The maximum atomic E-state index is 13.2. The summed E-state index contributed by atoms with van der Waals surface area (Å²) >= 11 is 0. The summed E-state index contributed by atoms with van der Waals surface area (Å²) in [7, 11) is 1.51. The fourth-order valence-electron chi connectivity index (χ4n) is 3.97. The zero-order chi connectivity index (χ0) is 19.1. The molecule has 1 aliphatic carbocycles. The van der Waals surface area contributed by atoms with Crippen molar-refractivity contribution in [3.63, 3.8) is 0 Å². The van der Waals surface area contributed by atoms with Crippen molar-refractivity contribution in [1.82, 2.24) is 14.7 Å². The van der Waals surface area contributed by atoms with Gasteiger partial charge in [-0.15, -0.1) is 0 Å². The van der Waals surface area contributed by atoms with Crippen LogP contribution >= 0.6 is 0 Å². The lowest BCUT2D eigenvalue weighted by molar-refractivity contribution is -0.141. The van der Waals surface area contributed by atoms with Gasteiger partial charge in [0.15, 0.2) is 5.69 Å². The molecular formula is C19H20FN3O4. The molecule has 0 bridgehead atoms. The molecule has 1 N–H and O–H groups in total. The second-order valence-corrected chi connectivity index (χ2v) is 6.92. The number of likely N-dealkylation sites (tertiary alicyclic amines) is 1. The molecule has 142 valence electrons. The van der Waals surface area contributed by atoms with Gasteiger partial charge in [0.05, 0.1) is 11.8 Å². The van der Waals surface area contributed by atoms with E-state index in [0.717, 1.165) is 30.5 Å². The van der Waals surface area contributed by atoms with Crippen LogP contribution in [0.3, 0.4) is 0 Å². The molecule has 1 aliphatic heterocycles. The third-order valence-corrected chi connectivity index (χ3v) is 5.35. The van der Waals surface area contributed by atoms with Gasteiger partial charge in [0, 0.05) is 31.3 Å². The van der Waals surface area contributed by atoms with E-state index in [1.807, 2.05) is 0 Å². The second kappa shape index (κ2) is 6.77. The Hall–Kier alpha value is -2.74. The number of fused-ring (bicyclic) bond motifs is 1. The lowest BCUT2D eigenvalue weighted by atomic mass is 10.1. The van der Waals surface area contributed by atoms with Gasteiger partial charge < -0.3 is 14.7 Å². The maximum absolute atomic E-state index is 13.2. The maximum Gasteiger partial charge on any atom is 0.326 e. The van der Waals surface area contributed by atoms with Gasteiger partial charge in [-0.2, -0.15) is 5.10 Å². The predicted molar refractivity (Wildman–Crippen MR) is 93.4 cm³/mol. The van der Waals surface area contributed by atoms with Crippen LogP contribution in [0.4, 0.5) is 4.39 Å². The van der Waals surface area contributed by atoms with E-state index >= 15 is 0 Å². The van der Waals surface area contributed by atoms with Gasteiger partial charge in [-0.1, -0.05) is 0 Å². The number of carboxylic acids is 1. The van der Waals surface area contributed by atoms with Crippen LogP contribution in [0.25, 0.3) is 5.69 Å². The van der Waals surface area contributed by atoms with Gasteiger partial charge in [0.25, 0.3) is 5.91 Å². The van der Waals surface area contributed by atoms with Crippen LogP contribution < -0.4 is 0 Å². The fourth-order valence-corrected chi connectivity index (χ4v) is 3.97. The molecule has 27 heavy (non-hydrogen) atoms. The molecule has 0 spiro atoms. The molecule has 0 radical (unpaired) electrons. The number of amides is 1. The molecular weight excluding hydrogens is 353 g/mol. The molecule has 0 saturated carbocycles. The van der Waals surface area contributed by atoms with E-state index in [4.69, 9.17) is 4.74 Å². The van der Waals surface area contributed by atoms with Crippen LogP contribution in [0.15, 0.2) is 24.3 Å². The van der Waals surface area contributed by atoms with Gasteiger partial charge >= 0.3 is 5.97 Å². The van der Waals surface area contributed by atoms with E-state index in [2.05, 4.69) is 5.10 Å². The van der Waals surface area contributed by atoms with Gasteiger partial charge in [-0.3, -0.25) is 4.79 Å². The van der Waals surface area contributed by atoms with Gasteiger partial charge in [-0.05, 0) is 43.5 Å². The summed E-state index contributed by atoms with van der Waals surface area (Å²) in [5.74, 6) is -1.77. The zero-order valence-corrected chi connectivity index (χ0v) is 14.9. The van der Waals surface area contributed by atoms with E-state index in [0.29, 0.717) is 5.69 Å². The number of hydrogen-bond acceptors (Lipinski definition) is 4. The van der Waals surface area contributed by atoms with Gasteiger partial charge in [0.1, 0.15) is 11.9 Å². The minimum Gasteiger partial charge on any atom is -0.480 e. The topological polar surface area (TPSA) is 84.7 Å². The Balaban J connectivity index is 1.72. The van der Waals surface area contributed by atoms with Crippen molar-refractivity contribution < 1.29 is 23.8 Å². The Labute approximate surface area is 155 Å². The van der Waals surface area contributed by atoms with Crippen LogP contribution in [0.5, 0.6) is 0 Å². The number of benzene rings is 1. The summed E-state index contributed by atoms with van der Waals surface area (Å²) in [6, 6.07) is 5.02. The largest absolute Gasteiger partial charge is 0.480 e. The normalized spacial score (nSPS) is 21.5. The summed E-state index contributed by atoms with van der Waals surface area (Å²) in [6.07, 6.45) is 2.35. The summed E-state index contributed by atoms with van der Waals surface area (Å²) in [5, 5.41) is 14.0. The van der Waals surface area contributed by atoms with Crippen molar-refractivity contribution in [3.05, 3.63) is 47.0 Å². The van der Waals surface area contributed by atoms with E-state index in [1.165, 1.54) is 24.1 Å². The number of halogens is 1. The molecule has 2 unspecified atom stereocenters. The molecule has 2 aromatic rings. The van der Waals surface area contributed by atoms with Gasteiger partial charge in [0.2, 0.25) is 0 Å². The monoisotopic (exact) mass is 373 g/mol.